The molecule has 138 valence electrons. The number of carbonyl (C=O) groups excluding carboxylic acids is 2. The van der Waals surface area contributed by atoms with Crippen molar-refractivity contribution in [2.75, 3.05) is 6.54 Å². The highest BCUT2D eigenvalue weighted by Crippen LogP contribution is 2.04. The molecule has 0 saturated carbocycles. The van der Waals surface area contributed by atoms with Gasteiger partial charge in [-0.15, -0.1) is 0 Å². The highest BCUT2D eigenvalue weighted by molar-refractivity contribution is 5.91. The number of H-pyrrole nitrogens is 1. The summed E-state index contributed by atoms with van der Waals surface area (Å²) in [6.07, 6.45) is 2.97. The van der Waals surface area contributed by atoms with E-state index < -0.39 is 42.5 Å². The molecule has 6 N–H and O–H groups in total. The molecule has 11 nitrogen and oxygen atoms in total. The summed E-state index contributed by atoms with van der Waals surface area (Å²) >= 11 is 0. The maximum atomic E-state index is 11.8. The Morgan fingerprint density at radius 2 is 1.72 bits per heavy atom. The van der Waals surface area contributed by atoms with Crippen LogP contribution in [0.3, 0.4) is 0 Å². The van der Waals surface area contributed by atoms with E-state index in [1.807, 2.05) is 0 Å². The van der Waals surface area contributed by atoms with Gasteiger partial charge in [0, 0.05) is 18.9 Å². The Kier molecular flexibility index (Phi) is 7.38. The van der Waals surface area contributed by atoms with Gasteiger partial charge in [0.1, 0.15) is 12.1 Å². The molecule has 0 aliphatic heterocycles. The van der Waals surface area contributed by atoms with Crippen LogP contribution in [0, 0.1) is 5.92 Å². The number of urea groups is 1. The number of carboxylic acids is 2. The number of rotatable bonds is 9. The van der Waals surface area contributed by atoms with E-state index in [2.05, 4.69) is 25.9 Å². The minimum absolute atomic E-state index is 0.00327. The largest absolute Gasteiger partial charge is 0.480 e. The first-order valence-corrected chi connectivity index (χ1v) is 7.51. The molecule has 0 aliphatic carbocycles. The van der Waals surface area contributed by atoms with Gasteiger partial charge in [-0.2, -0.15) is 0 Å². The molecule has 25 heavy (non-hydrogen) atoms. The zero-order valence-corrected chi connectivity index (χ0v) is 13.8. The number of aliphatic carboxylic acids is 2. The third-order valence-electron chi connectivity index (χ3n) is 3.09. The van der Waals surface area contributed by atoms with E-state index in [1.54, 1.807) is 13.8 Å². The van der Waals surface area contributed by atoms with Crippen LogP contribution >= 0.6 is 0 Å². The van der Waals surface area contributed by atoms with Gasteiger partial charge in [0.25, 0.3) is 5.91 Å². The first-order valence-electron chi connectivity index (χ1n) is 7.51. The molecule has 0 spiro atoms. The lowest BCUT2D eigenvalue weighted by atomic mass is 10.0. The van der Waals surface area contributed by atoms with Gasteiger partial charge in [0.05, 0.1) is 0 Å². The molecule has 0 aromatic carbocycles. The molecule has 0 bridgehead atoms. The fraction of sp³-hybridized carbons (Fsp3) is 0.500. The van der Waals surface area contributed by atoms with Crippen molar-refractivity contribution < 1.29 is 29.4 Å². The Labute approximate surface area is 143 Å². The number of carboxylic acid groups (broad SMARTS) is 2. The minimum Gasteiger partial charge on any atom is -0.480 e. The Hall–Kier alpha value is -3.11. The van der Waals surface area contributed by atoms with Gasteiger partial charge in [-0.3, -0.25) is 4.79 Å². The first-order chi connectivity index (χ1) is 11.7. The quantitative estimate of drug-likeness (QED) is 0.342. The van der Waals surface area contributed by atoms with Crippen LogP contribution in [0.25, 0.3) is 0 Å². The number of amides is 3. The number of nitrogens with one attached hydrogen (secondary N) is 4. The van der Waals surface area contributed by atoms with Gasteiger partial charge < -0.3 is 31.1 Å². The molecule has 1 heterocycles. The van der Waals surface area contributed by atoms with Gasteiger partial charge in [0.2, 0.25) is 0 Å². The second-order valence-corrected chi connectivity index (χ2v) is 5.68. The van der Waals surface area contributed by atoms with Gasteiger partial charge in [-0.25, -0.2) is 19.4 Å². The molecule has 0 unspecified atom stereocenters. The summed E-state index contributed by atoms with van der Waals surface area (Å²) < 4.78 is 0. The predicted molar refractivity (Wildman–Crippen MR) is 84.9 cm³/mol. The van der Waals surface area contributed by atoms with E-state index in [0.717, 1.165) is 0 Å². The Balaban J connectivity index is 2.58. The van der Waals surface area contributed by atoms with E-state index in [1.165, 1.54) is 12.4 Å². The molecule has 1 rings (SSSR count). The van der Waals surface area contributed by atoms with Crippen molar-refractivity contribution in [3.63, 3.8) is 0 Å². The van der Waals surface area contributed by atoms with E-state index in [-0.39, 0.29) is 18.2 Å². The molecule has 11 heteroatoms. The van der Waals surface area contributed by atoms with E-state index in [4.69, 9.17) is 10.2 Å². The highest BCUT2D eigenvalue weighted by atomic mass is 16.4. The summed E-state index contributed by atoms with van der Waals surface area (Å²) in [6, 6.07) is -3.53. The number of hydrogen-bond acceptors (Lipinski definition) is 5. The van der Waals surface area contributed by atoms with Gasteiger partial charge >= 0.3 is 18.0 Å². The zero-order valence-electron chi connectivity index (χ0n) is 13.8. The summed E-state index contributed by atoms with van der Waals surface area (Å²) in [7, 11) is 0. The normalized spacial score (nSPS) is 12.9. The summed E-state index contributed by atoms with van der Waals surface area (Å²) in [4.78, 5) is 52.1. The Morgan fingerprint density at radius 3 is 2.20 bits per heavy atom. The van der Waals surface area contributed by atoms with Crippen molar-refractivity contribution >= 4 is 23.9 Å². The van der Waals surface area contributed by atoms with Crippen molar-refractivity contribution in [2.45, 2.75) is 32.4 Å². The van der Waals surface area contributed by atoms with Crippen LogP contribution in [0.4, 0.5) is 4.79 Å². The second kappa shape index (κ2) is 9.25. The van der Waals surface area contributed by atoms with Gasteiger partial charge in [-0.1, -0.05) is 13.8 Å². The average Bonchev–Trinajstić information content (AvgIpc) is 3.04. The molecular weight excluding hydrogens is 334 g/mol. The molecule has 0 fully saturated rings. The second-order valence-electron chi connectivity index (χ2n) is 5.68. The Morgan fingerprint density at radius 1 is 1.12 bits per heavy atom. The Bertz CT molecular complexity index is 615. The van der Waals surface area contributed by atoms with Gasteiger partial charge in [-0.05, 0) is 12.3 Å². The summed E-state index contributed by atoms with van der Waals surface area (Å²) in [5.74, 6) is -3.23. The summed E-state index contributed by atoms with van der Waals surface area (Å²) in [5.41, 5.74) is 0. The standard InChI is InChI=1S/C14H21N5O6/c1-7(2)5-8(12(21)22)18-14(25)19-9(13(23)24)6-17-11(20)10-15-3-4-16-10/h3-4,7-9H,5-6H2,1-2H3,(H,15,16)(H,17,20)(H,21,22)(H,23,24)(H2,18,19,25)/t8-,9-/m0/s1. The van der Waals surface area contributed by atoms with Crippen LogP contribution in [0.1, 0.15) is 30.9 Å². The van der Waals surface area contributed by atoms with E-state index in [9.17, 15) is 19.2 Å². The van der Waals surface area contributed by atoms with Crippen molar-refractivity contribution in [3.8, 4) is 0 Å². The fourth-order valence-electron chi connectivity index (χ4n) is 1.92. The van der Waals surface area contributed by atoms with Crippen LogP contribution in [-0.4, -0.2) is 62.7 Å². The van der Waals surface area contributed by atoms with Crippen LogP contribution in [0.2, 0.25) is 0 Å². The maximum Gasteiger partial charge on any atom is 0.328 e. The number of aromatic nitrogens is 2. The third-order valence-corrected chi connectivity index (χ3v) is 3.09. The summed E-state index contributed by atoms with van der Waals surface area (Å²) in [5, 5.41) is 24.8. The fourth-order valence-corrected chi connectivity index (χ4v) is 1.92. The van der Waals surface area contributed by atoms with Crippen molar-refractivity contribution in [3.05, 3.63) is 18.2 Å². The first kappa shape index (κ1) is 19.9. The predicted octanol–water partition coefficient (Wildman–Crippen LogP) is -0.609. The monoisotopic (exact) mass is 355 g/mol. The number of nitrogens with zero attached hydrogens (tertiary/aromatic N) is 1. The van der Waals surface area contributed by atoms with Crippen molar-refractivity contribution in [2.24, 2.45) is 5.92 Å². The SMILES string of the molecule is CC(C)C[C@H](NC(=O)N[C@@H](CNC(=O)c1ncc[nH]1)C(=O)O)C(=O)O. The molecule has 1 aromatic rings. The van der Waals surface area contributed by atoms with Crippen molar-refractivity contribution in [1.29, 1.82) is 0 Å². The number of imidazole rings is 1. The lowest BCUT2D eigenvalue weighted by Crippen LogP contribution is -2.54. The molecule has 3 amide bonds. The number of hydrogen-bond donors (Lipinski definition) is 6. The van der Waals surface area contributed by atoms with E-state index in [0.29, 0.717) is 0 Å². The van der Waals surface area contributed by atoms with Crippen LogP contribution in [0.5, 0.6) is 0 Å². The van der Waals surface area contributed by atoms with Crippen molar-refractivity contribution in [1.82, 2.24) is 25.9 Å². The molecule has 0 aliphatic rings. The molecular formula is C14H21N5O6. The van der Waals surface area contributed by atoms with E-state index >= 15 is 0 Å². The average molecular weight is 355 g/mol. The van der Waals surface area contributed by atoms with Crippen LogP contribution < -0.4 is 16.0 Å². The lowest BCUT2D eigenvalue weighted by molar-refractivity contribution is -0.139. The minimum atomic E-state index is -1.44. The van der Waals surface area contributed by atoms with Crippen LogP contribution in [-0.2, 0) is 9.59 Å². The topological polar surface area (TPSA) is 174 Å². The molecule has 0 radical (unpaired) electrons. The maximum absolute atomic E-state index is 11.8. The smallest absolute Gasteiger partial charge is 0.328 e. The number of aromatic amines is 1. The molecule has 0 saturated heterocycles. The molecule has 1 aromatic heterocycles. The zero-order chi connectivity index (χ0) is 19.0. The number of carbonyl (C=O) groups is 4. The third kappa shape index (κ3) is 6.89. The van der Waals surface area contributed by atoms with Crippen LogP contribution in [0.15, 0.2) is 12.4 Å². The highest BCUT2D eigenvalue weighted by Gasteiger charge is 2.25. The summed E-state index contributed by atoms with van der Waals surface area (Å²) in [6.45, 7) is 3.18. The van der Waals surface area contributed by atoms with Gasteiger partial charge in [0.15, 0.2) is 5.82 Å². The molecule has 2 atom stereocenters. The lowest BCUT2D eigenvalue weighted by Gasteiger charge is -2.19.